The van der Waals surface area contributed by atoms with Crippen molar-refractivity contribution in [3.8, 4) is 0 Å². The molecule has 0 spiro atoms. The van der Waals surface area contributed by atoms with E-state index in [2.05, 4.69) is 10.3 Å². The molecule has 0 aliphatic heterocycles. The summed E-state index contributed by atoms with van der Waals surface area (Å²) >= 11 is 1.49. The van der Waals surface area contributed by atoms with Gasteiger partial charge in [-0.3, -0.25) is 4.79 Å². The number of hydrogen-bond acceptors (Lipinski definition) is 3. The standard InChI is InChI=1S/C10H15N3OS/c1-7(9(14)12-8-3-4-8)15-10-11-5-6-13(10)2/h5-8H,3-4H2,1-2H3,(H,12,14)/t7-/m1/s1. The summed E-state index contributed by atoms with van der Waals surface area (Å²) in [4.78, 5) is 15.8. The highest BCUT2D eigenvalue weighted by Crippen LogP contribution is 2.23. The van der Waals surface area contributed by atoms with Gasteiger partial charge < -0.3 is 9.88 Å². The third-order valence-electron chi connectivity index (χ3n) is 2.35. The maximum Gasteiger partial charge on any atom is 0.233 e. The molecule has 1 atom stereocenters. The van der Waals surface area contributed by atoms with Crippen LogP contribution in [0.4, 0.5) is 0 Å². The van der Waals surface area contributed by atoms with Gasteiger partial charge in [0.15, 0.2) is 5.16 Å². The summed E-state index contributed by atoms with van der Waals surface area (Å²) < 4.78 is 1.92. The Morgan fingerprint density at radius 1 is 1.73 bits per heavy atom. The highest BCUT2D eigenvalue weighted by atomic mass is 32.2. The molecule has 15 heavy (non-hydrogen) atoms. The fourth-order valence-corrected chi connectivity index (χ4v) is 2.06. The van der Waals surface area contributed by atoms with Gasteiger partial charge in [0.05, 0.1) is 5.25 Å². The van der Waals surface area contributed by atoms with E-state index in [0.717, 1.165) is 18.0 Å². The number of imidazole rings is 1. The van der Waals surface area contributed by atoms with Crippen LogP contribution < -0.4 is 5.32 Å². The first-order valence-corrected chi connectivity index (χ1v) is 5.99. The average Bonchev–Trinajstić information content (AvgIpc) is 2.92. The van der Waals surface area contributed by atoms with Crippen LogP contribution in [0.15, 0.2) is 17.6 Å². The van der Waals surface area contributed by atoms with Crippen molar-refractivity contribution in [2.24, 2.45) is 7.05 Å². The van der Waals surface area contributed by atoms with Crippen LogP contribution >= 0.6 is 11.8 Å². The largest absolute Gasteiger partial charge is 0.352 e. The lowest BCUT2D eigenvalue weighted by molar-refractivity contribution is -0.120. The molecule has 0 unspecified atom stereocenters. The molecule has 1 saturated carbocycles. The lowest BCUT2D eigenvalue weighted by atomic mass is 10.4. The van der Waals surface area contributed by atoms with Gasteiger partial charge in [-0.25, -0.2) is 4.98 Å². The van der Waals surface area contributed by atoms with Crippen LogP contribution in [0.5, 0.6) is 0 Å². The minimum atomic E-state index is -0.0771. The molecule has 1 heterocycles. The van der Waals surface area contributed by atoms with E-state index < -0.39 is 0 Å². The molecule has 0 aromatic carbocycles. The van der Waals surface area contributed by atoms with Crippen LogP contribution in [0.2, 0.25) is 0 Å². The number of hydrogen-bond donors (Lipinski definition) is 1. The van der Waals surface area contributed by atoms with Crippen LogP contribution in [0.3, 0.4) is 0 Å². The molecule has 1 aromatic heterocycles. The van der Waals surface area contributed by atoms with Gasteiger partial charge in [0, 0.05) is 25.5 Å². The molecule has 1 N–H and O–H groups in total. The normalized spacial score (nSPS) is 17.5. The van der Waals surface area contributed by atoms with E-state index >= 15 is 0 Å². The van der Waals surface area contributed by atoms with Gasteiger partial charge in [-0.2, -0.15) is 0 Å². The first-order chi connectivity index (χ1) is 7.16. The summed E-state index contributed by atoms with van der Waals surface area (Å²) in [6, 6.07) is 0.432. The van der Waals surface area contributed by atoms with Crippen LogP contribution in [0, 0.1) is 0 Å². The van der Waals surface area contributed by atoms with Crippen molar-refractivity contribution in [2.75, 3.05) is 0 Å². The fourth-order valence-electron chi connectivity index (χ4n) is 1.22. The van der Waals surface area contributed by atoms with Crippen molar-refractivity contribution >= 4 is 17.7 Å². The smallest absolute Gasteiger partial charge is 0.233 e. The lowest BCUT2D eigenvalue weighted by Gasteiger charge is -2.10. The van der Waals surface area contributed by atoms with E-state index in [9.17, 15) is 4.79 Å². The quantitative estimate of drug-likeness (QED) is 0.783. The van der Waals surface area contributed by atoms with Crippen LogP contribution in [0.25, 0.3) is 0 Å². The summed E-state index contributed by atoms with van der Waals surface area (Å²) in [5, 5.41) is 3.79. The fraction of sp³-hybridized carbons (Fsp3) is 0.600. The Bertz CT molecular complexity index is 359. The second-order valence-electron chi connectivity index (χ2n) is 3.86. The molecule has 1 fully saturated rings. The molecule has 82 valence electrons. The lowest BCUT2D eigenvalue weighted by Crippen LogP contribution is -2.32. The zero-order valence-electron chi connectivity index (χ0n) is 8.93. The summed E-state index contributed by atoms with van der Waals surface area (Å²) in [5.41, 5.74) is 0. The Morgan fingerprint density at radius 3 is 3.00 bits per heavy atom. The number of nitrogens with zero attached hydrogens (tertiary/aromatic N) is 2. The molecule has 0 radical (unpaired) electrons. The molecule has 2 rings (SSSR count). The molecular formula is C10H15N3OS. The molecule has 0 bridgehead atoms. The monoisotopic (exact) mass is 225 g/mol. The van der Waals surface area contributed by atoms with E-state index in [1.54, 1.807) is 6.20 Å². The summed E-state index contributed by atoms with van der Waals surface area (Å²) in [6.45, 7) is 1.91. The topological polar surface area (TPSA) is 46.9 Å². The molecule has 4 nitrogen and oxygen atoms in total. The highest BCUT2D eigenvalue weighted by Gasteiger charge is 2.26. The summed E-state index contributed by atoms with van der Waals surface area (Å²) in [5.74, 6) is 0.116. The average molecular weight is 225 g/mol. The van der Waals surface area contributed by atoms with Gasteiger partial charge in [-0.1, -0.05) is 11.8 Å². The van der Waals surface area contributed by atoms with E-state index in [-0.39, 0.29) is 11.2 Å². The second-order valence-corrected chi connectivity index (χ2v) is 5.17. The van der Waals surface area contributed by atoms with E-state index in [1.807, 2.05) is 24.7 Å². The van der Waals surface area contributed by atoms with Crippen LogP contribution in [0.1, 0.15) is 19.8 Å². The second kappa shape index (κ2) is 4.26. The minimum absolute atomic E-state index is 0.0771. The molecule has 5 heteroatoms. The molecule has 1 aliphatic carbocycles. The Balaban J connectivity index is 1.87. The first-order valence-electron chi connectivity index (χ1n) is 5.11. The van der Waals surface area contributed by atoms with Crippen molar-refractivity contribution in [1.29, 1.82) is 0 Å². The number of thioether (sulfide) groups is 1. The third kappa shape index (κ3) is 2.75. The zero-order valence-corrected chi connectivity index (χ0v) is 9.75. The Morgan fingerprint density at radius 2 is 2.47 bits per heavy atom. The van der Waals surface area contributed by atoms with Gasteiger partial charge >= 0.3 is 0 Å². The van der Waals surface area contributed by atoms with Crippen LogP contribution in [-0.2, 0) is 11.8 Å². The number of rotatable bonds is 4. The Hall–Kier alpha value is -0.970. The molecule has 0 saturated heterocycles. The number of amides is 1. The van der Waals surface area contributed by atoms with Crippen molar-refractivity contribution in [3.05, 3.63) is 12.4 Å². The number of aromatic nitrogens is 2. The molecule has 1 amide bonds. The Labute approximate surface area is 93.5 Å². The van der Waals surface area contributed by atoms with Crippen molar-refractivity contribution in [1.82, 2.24) is 14.9 Å². The van der Waals surface area contributed by atoms with Crippen molar-refractivity contribution in [3.63, 3.8) is 0 Å². The Kier molecular flexibility index (Phi) is 3.00. The number of carbonyl (C=O) groups is 1. The first kappa shape index (κ1) is 10.5. The van der Waals surface area contributed by atoms with Crippen molar-refractivity contribution in [2.45, 2.75) is 36.2 Å². The van der Waals surface area contributed by atoms with Crippen molar-refractivity contribution < 1.29 is 4.79 Å². The summed E-state index contributed by atoms with van der Waals surface area (Å²) in [6.07, 6.45) is 5.89. The third-order valence-corrected chi connectivity index (χ3v) is 3.52. The number of aryl methyl sites for hydroxylation is 1. The molecule has 1 aliphatic rings. The number of carbonyl (C=O) groups excluding carboxylic acids is 1. The minimum Gasteiger partial charge on any atom is -0.352 e. The highest BCUT2D eigenvalue weighted by molar-refractivity contribution is 8.00. The molecule has 1 aromatic rings. The van der Waals surface area contributed by atoms with E-state index in [4.69, 9.17) is 0 Å². The number of nitrogens with one attached hydrogen (secondary N) is 1. The maximum absolute atomic E-state index is 11.7. The van der Waals surface area contributed by atoms with E-state index in [1.165, 1.54) is 11.8 Å². The van der Waals surface area contributed by atoms with E-state index in [0.29, 0.717) is 6.04 Å². The van der Waals surface area contributed by atoms with Gasteiger partial charge in [0.1, 0.15) is 0 Å². The van der Waals surface area contributed by atoms with Gasteiger partial charge in [0.25, 0.3) is 0 Å². The van der Waals surface area contributed by atoms with Gasteiger partial charge in [0.2, 0.25) is 5.91 Å². The predicted molar refractivity (Wildman–Crippen MR) is 59.7 cm³/mol. The molecular weight excluding hydrogens is 210 g/mol. The SMILES string of the molecule is C[C@@H](Sc1nccn1C)C(=O)NC1CC1. The summed E-state index contributed by atoms with van der Waals surface area (Å²) in [7, 11) is 1.93. The van der Waals surface area contributed by atoms with Crippen LogP contribution in [-0.4, -0.2) is 26.8 Å². The maximum atomic E-state index is 11.7. The van der Waals surface area contributed by atoms with Gasteiger partial charge in [-0.15, -0.1) is 0 Å². The predicted octanol–water partition coefficient (Wildman–Crippen LogP) is 1.18. The zero-order chi connectivity index (χ0) is 10.8. The van der Waals surface area contributed by atoms with Gasteiger partial charge in [-0.05, 0) is 19.8 Å².